The highest BCUT2D eigenvalue weighted by Crippen LogP contribution is 2.48. The van der Waals surface area contributed by atoms with E-state index >= 15 is 0 Å². The second-order valence-corrected chi connectivity index (χ2v) is 10.1. The van der Waals surface area contributed by atoms with Crippen molar-refractivity contribution in [1.29, 1.82) is 0 Å². The van der Waals surface area contributed by atoms with Crippen LogP contribution in [0.4, 0.5) is 4.79 Å². The molecule has 1 aromatic carbocycles. The van der Waals surface area contributed by atoms with Crippen molar-refractivity contribution in [3.63, 3.8) is 0 Å². The number of para-hydroxylation sites is 1. The molecule has 0 bridgehead atoms. The van der Waals surface area contributed by atoms with Crippen molar-refractivity contribution in [3.05, 3.63) is 35.5 Å². The molecule has 2 aromatic rings. The number of thioether (sulfide) groups is 1. The molecular weight excluding hydrogens is 420 g/mol. The monoisotopic (exact) mass is 448 g/mol. The molecule has 0 fully saturated rings. The quantitative estimate of drug-likeness (QED) is 0.422. The van der Waals surface area contributed by atoms with Crippen molar-refractivity contribution in [2.75, 3.05) is 14.2 Å². The Morgan fingerprint density at radius 3 is 2.32 bits per heavy atom. The smallest absolute Gasteiger partial charge is 0.407 e. The molecule has 0 spiro atoms. The lowest BCUT2D eigenvalue weighted by Crippen LogP contribution is -2.47. The molecule has 3 rings (SSSR count). The van der Waals surface area contributed by atoms with Gasteiger partial charge in [0.1, 0.15) is 5.60 Å². The van der Waals surface area contributed by atoms with E-state index in [1.54, 1.807) is 20.8 Å². The number of rotatable bonds is 3. The maximum Gasteiger partial charge on any atom is 0.407 e. The summed E-state index contributed by atoms with van der Waals surface area (Å²) in [6.07, 6.45) is -0.169. The lowest BCUT2D eigenvalue weighted by atomic mass is 9.94. The van der Waals surface area contributed by atoms with Crippen molar-refractivity contribution in [2.45, 2.75) is 55.8 Å². The number of carbonyl (C=O) groups is 3. The van der Waals surface area contributed by atoms with Crippen LogP contribution < -0.4 is 5.32 Å². The Morgan fingerprint density at radius 1 is 1.13 bits per heavy atom. The maximum atomic E-state index is 13.1. The van der Waals surface area contributed by atoms with Gasteiger partial charge in [0.2, 0.25) is 0 Å². The number of alkyl carbamates (subject to hydrolysis) is 1. The van der Waals surface area contributed by atoms with E-state index in [0.29, 0.717) is 12.1 Å². The standard InChI is InChI=1S/C22H28N2O6S/c1-12-16(24-20(27)30-21(2,3)4)11-14-13-9-7-8-10-15(13)23-17(14)22(31-12,18(25)28-5)19(26)29-6/h7-10,12,16,23H,11H2,1-6H3,(H,24,27)/t12-,16+/m1/s1. The fourth-order valence-corrected chi connectivity index (χ4v) is 5.35. The van der Waals surface area contributed by atoms with Gasteiger partial charge < -0.3 is 24.5 Å². The Labute approximate surface area is 185 Å². The molecule has 2 heterocycles. The molecule has 31 heavy (non-hydrogen) atoms. The third-order valence-corrected chi connectivity index (χ3v) is 6.76. The molecule has 2 atom stereocenters. The molecule has 1 aliphatic heterocycles. The van der Waals surface area contributed by atoms with Crippen LogP contribution in [0, 0.1) is 0 Å². The normalized spacial score (nSPS) is 20.3. The van der Waals surface area contributed by atoms with Gasteiger partial charge >= 0.3 is 18.0 Å². The molecule has 0 unspecified atom stereocenters. The number of methoxy groups -OCH3 is 2. The zero-order chi connectivity index (χ0) is 23.0. The van der Waals surface area contributed by atoms with E-state index in [1.165, 1.54) is 14.2 Å². The van der Waals surface area contributed by atoms with Gasteiger partial charge in [-0.3, -0.25) is 0 Å². The number of hydrogen-bond donors (Lipinski definition) is 2. The summed E-state index contributed by atoms with van der Waals surface area (Å²) in [6, 6.07) is 7.12. The summed E-state index contributed by atoms with van der Waals surface area (Å²) < 4.78 is 13.8. The highest BCUT2D eigenvalue weighted by atomic mass is 32.2. The Balaban J connectivity index is 2.16. The number of hydrogen-bond acceptors (Lipinski definition) is 7. The van der Waals surface area contributed by atoms with Gasteiger partial charge in [-0.05, 0) is 38.8 Å². The molecule has 8 nitrogen and oxygen atoms in total. The van der Waals surface area contributed by atoms with E-state index < -0.39 is 34.4 Å². The van der Waals surface area contributed by atoms with E-state index in [9.17, 15) is 14.4 Å². The minimum Gasteiger partial charge on any atom is -0.467 e. The van der Waals surface area contributed by atoms with Crippen molar-refractivity contribution >= 4 is 40.7 Å². The van der Waals surface area contributed by atoms with Crippen LogP contribution in [0.25, 0.3) is 10.9 Å². The fraction of sp³-hybridized carbons (Fsp3) is 0.500. The fourth-order valence-electron chi connectivity index (χ4n) is 3.82. The summed E-state index contributed by atoms with van der Waals surface area (Å²) in [6.45, 7) is 7.21. The number of benzene rings is 1. The Morgan fingerprint density at radius 2 is 1.74 bits per heavy atom. The van der Waals surface area contributed by atoms with Gasteiger partial charge in [0, 0.05) is 22.2 Å². The van der Waals surface area contributed by atoms with Gasteiger partial charge in [-0.25, -0.2) is 14.4 Å². The molecule has 0 saturated heterocycles. The Hall–Kier alpha value is -2.68. The average molecular weight is 449 g/mol. The molecule has 0 aliphatic carbocycles. The number of amides is 1. The number of ether oxygens (including phenoxy) is 3. The van der Waals surface area contributed by atoms with Crippen LogP contribution in [0.2, 0.25) is 0 Å². The van der Waals surface area contributed by atoms with E-state index in [0.717, 1.165) is 28.2 Å². The van der Waals surface area contributed by atoms with E-state index in [-0.39, 0.29) is 5.25 Å². The van der Waals surface area contributed by atoms with Crippen molar-refractivity contribution in [3.8, 4) is 0 Å². The number of fused-ring (bicyclic) bond motifs is 3. The Bertz CT molecular complexity index is 993. The summed E-state index contributed by atoms with van der Waals surface area (Å²) in [5.41, 5.74) is 1.29. The van der Waals surface area contributed by atoms with Crippen molar-refractivity contribution < 1.29 is 28.6 Å². The van der Waals surface area contributed by atoms with Gasteiger partial charge in [-0.15, -0.1) is 11.8 Å². The van der Waals surface area contributed by atoms with Crippen LogP contribution in [0.1, 0.15) is 39.0 Å². The van der Waals surface area contributed by atoms with Crippen molar-refractivity contribution in [2.24, 2.45) is 0 Å². The first-order chi connectivity index (χ1) is 14.5. The lowest BCUT2D eigenvalue weighted by molar-refractivity contribution is -0.156. The number of H-pyrrole nitrogens is 1. The van der Waals surface area contributed by atoms with Gasteiger partial charge in [-0.2, -0.15) is 0 Å². The Kier molecular flexibility index (Phi) is 6.27. The summed E-state index contributed by atoms with van der Waals surface area (Å²) in [7, 11) is 2.48. The second-order valence-electron chi connectivity index (χ2n) is 8.47. The number of esters is 2. The van der Waals surface area contributed by atoms with Crippen LogP contribution in [-0.4, -0.2) is 54.1 Å². The molecule has 0 radical (unpaired) electrons. The van der Waals surface area contributed by atoms with Crippen LogP contribution in [0.15, 0.2) is 24.3 Å². The van der Waals surface area contributed by atoms with Gasteiger partial charge in [0.05, 0.1) is 19.9 Å². The molecule has 1 amide bonds. The largest absolute Gasteiger partial charge is 0.467 e. The minimum absolute atomic E-state index is 0.342. The van der Waals surface area contributed by atoms with Gasteiger partial charge in [-0.1, -0.05) is 25.1 Å². The molecule has 0 saturated carbocycles. The molecule has 1 aromatic heterocycles. The number of aromatic nitrogens is 1. The van der Waals surface area contributed by atoms with E-state index in [2.05, 4.69) is 10.3 Å². The molecule has 2 N–H and O–H groups in total. The zero-order valence-corrected chi connectivity index (χ0v) is 19.3. The molecular formula is C22H28N2O6S. The SMILES string of the molecule is COC(=O)C1(C(=O)OC)S[C@H](C)[C@@H](NC(=O)OC(C)(C)C)Cc2c1[nH]c1ccccc21. The lowest BCUT2D eigenvalue weighted by Gasteiger charge is -2.30. The molecule has 1 aliphatic rings. The first-order valence-corrected chi connectivity index (χ1v) is 10.9. The molecule has 168 valence electrons. The maximum absolute atomic E-state index is 13.1. The number of aromatic amines is 1. The minimum atomic E-state index is -1.75. The van der Waals surface area contributed by atoms with E-state index in [1.807, 2.05) is 31.2 Å². The highest BCUT2D eigenvalue weighted by Gasteiger charge is 2.57. The number of carbonyl (C=O) groups excluding carboxylic acids is 3. The van der Waals surface area contributed by atoms with Gasteiger partial charge in [0.15, 0.2) is 0 Å². The predicted octanol–water partition coefficient (Wildman–Crippen LogP) is 3.28. The summed E-state index contributed by atoms with van der Waals surface area (Å²) in [5.74, 6) is -1.47. The zero-order valence-electron chi connectivity index (χ0n) is 18.5. The van der Waals surface area contributed by atoms with E-state index in [4.69, 9.17) is 14.2 Å². The van der Waals surface area contributed by atoms with Crippen LogP contribution in [-0.2, 0) is 35.0 Å². The van der Waals surface area contributed by atoms with Crippen LogP contribution in [0.3, 0.4) is 0 Å². The summed E-state index contributed by atoms with van der Waals surface area (Å²) >= 11 is 1.10. The third-order valence-electron chi connectivity index (χ3n) is 5.17. The number of nitrogens with one attached hydrogen (secondary N) is 2. The first kappa shape index (κ1) is 23.0. The highest BCUT2D eigenvalue weighted by molar-refractivity contribution is 8.02. The summed E-state index contributed by atoms with van der Waals surface area (Å²) in [5, 5.41) is 3.43. The topological polar surface area (TPSA) is 107 Å². The van der Waals surface area contributed by atoms with Crippen LogP contribution >= 0.6 is 11.8 Å². The summed E-state index contributed by atoms with van der Waals surface area (Å²) in [4.78, 5) is 41.9. The molecule has 9 heteroatoms. The van der Waals surface area contributed by atoms with Crippen molar-refractivity contribution in [1.82, 2.24) is 10.3 Å². The average Bonchev–Trinajstić information content (AvgIpc) is 3.02. The second kappa shape index (κ2) is 8.45. The van der Waals surface area contributed by atoms with Gasteiger partial charge in [0.25, 0.3) is 4.75 Å². The first-order valence-electron chi connectivity index (χ1n) is 9.97. The predicted molar refractivity (Wildman–Crippen MR) is 118 cm³/mol. The third kappa shape index (κ3) is 4.23. The van der Waals surface area contributed by atoms with Crippen LogP contribution in [0.5, 0.6) is 0 Å².